The van der Waals surface area contributed by atoms with Crippen LogP contribution >= 0.6 is 11.6 Å². The zero-order valence-corrected chi connectivity index (χ0v) is 19.2. The number of rotatable bonds is 6. The molecule has 1 aliphatic carbocycles. The molecule has 1 saturated heterocycles. The van der Waals surface area contributed by atoms with E-state index < -0.39 is 0 Å². The van der Waals surface area contributed by atoms with Gasteiger partial charge in [-0.05, 0) is 53.0 Å². The molecule has 2 aliphatic rings. The van der Waals surface area contributed by atoms with Crippen LogP contribution in [0.15, 0.2) is 66.7 Å². The van der Waals surface area contributed by atoms with Crippen molar-refractivity contribution in [3.05, 3.63) is 88.7 Å². The van der Waals surface area contributed by atoms with Crippen LogP contribution in [-0.2, 0) is 4.74 Å². The second kappa shape index (κ2) is 9.21. The van der Waals surface area contributed by atoms with E-state index in [1.807, 2.05) is 24.3 Å². The summed E-state index contributed by atoms with van der Waals surface area (Å²) in [5.41, 5.74) is 6.91. The van der Waals surface area contributed by atoms with Gasteiger partial charge in [0.2, 0.25) is 0 Å². The highest BCUT2D eigenvalue weighted by Crippen LogP contribution is 2.39. The van der Waals surface area contributed by atoms with Crippen LogP contribution < -0.4 is 0 Å². The molecule has 2 atom stereocenters. The number of epoxide rings is 1. The molecule has 0 amide bonds. The number of halogens is 2. The zero-order valence-electron chi connectivity index (χ0n) is 18.4. The van der Waals surface area contributed by atoms with Gasteiger partial charge in [0.15, 0.2) is 0 Å². The fraction of sp³-hybridized carbons (Fsp3) is 0.310. The molecule has 0 N–H and O–H groups in total. The molecule has 164 valence electrons. The molecule has 1 nitrogen and oxygen atoms in total. The first-order valence-electron chi connectivity index (χ1n) is 11.6. The highest BCUT2D eigenvalue weighted by molar-refractivity contribution is 6.33. The molecule has 2 unspecified atom stereocenters. The number of hydrogen-bond acceptors (Lipinski definition) is 1. The number of hydrogen-bond donors (Lipinski definition) is 0. The van der Waals surface area contributed by atoms with Crippen LogP contribution in [0.5, 0.6) is 0 Å². The maximum Gasteiger partial charge on any atom is 0.149 e. The molecule has 3 heteroatoms. The number of benzene rings is 3. The summed E-state index contributed by atoms with van der Waals surface area (Å²) < 4.78 is 20.6. The minimum absolute atomic E-state index is 0.209. The first kappa shape index (κ1) is 21.4. The second-order valence-electron chi connectivity index (χ2n) is 8.97. The van der Waals surface area contributed by atoms with Gasteiger partial charge in [-0.1, -0.05) is 98.1 Å². The number of allylic oxidation sites excluding steroid dienone is 2. The lowest BCUT2D eigenvalue weighted by molar-refractivity contribution is 0.415. The minimum Gasteiger partial charge on any atom is -0.368 e. The second-order valence-corrected chi connectivity index (χ2v) is 9.35. The maximum absolute atomic E-state index is 15.2. The molecule has 0 radical (unpaired) electrons. The van der Waals surface area contributed by atoms with E-state index in [1.54, 1.807) is 0 Å². The van der Waals surface area contributed by atoms with Gasteiger partial charge in [0.1, 0.15) is 11.9 Å². The molecule has 1 heterocycles. The maximum atomic E-state index is 15.2. The van der Waals surface area contributed by atoms with Crippen molar-refractivity contribution in [2.45, 2.75) is 45.1 Å². The lowest BCUT2D eigenvalue weighted by Gasteiger charge is -2.22. The Balaban J connectivity index is 1.36. The van der Waals surface area contributed by atoms with Crippen molar-refractivity contribution < 1.29 is 9.13 Å². The summed E-state index contributed by atoms with van der Waals surface area (Å²) >= 11 is 6.53. The first-order valence-corrected chi connectivity index (χ1v) is 12.0. The summed E-state index contributed by atoms with van der Waals surface area (Å²) in [7, 11) is 0. The fourth-order valence-corrected chi connectivity index (χ4v) is 5.07. The lowest BCUT2D eigenvalue weighted by Crippen LogP contribution is -2.06. The van der Waals surface area contributed by atoms with Crippen molar-refractivity contribution in [1.82, 2.24) is 0 Å². The van der Waals surface area contributed by atoms with E-state index in [4.69, 9.17) is 16.3 Å². The SMILES string of the molecule is CCCC1CC=C(c2ccc(-c3ccc(-c4ccc(C5CO5)cc4)cc3)c(Cl)c2F)CC1. The Hall–Kier alpha value is -2.42. The van der Waals surface area contributed by atoms with Gasteiger partial charge >= 0.3 is 0 Å². The summed E-state index contributed by atoms with van der Waals surface area (Å²) in [5, 5.41) is 0.209. The van der Waals surface area contributed by atoms with Gasteiger partial charge in [-0.2, -0.15) is 0 Å². The average molecular weight is 447 g/mol. The van der Waals surface area contributed by atoms with Gasteiger partial charge in [-0.15, -0.1) is 0 Å². The van der Waals surface area contributed by atoms with Crippen LogP contribution in [0.4, 0.5) is 4.39 Å². The van der Waals surface area contributed by atoms with E-state index >= 15 is 4.39 Å². The molecule has 1 aliphatic heterocycles. The predicted octanol–water partition coefficient (Wildman–Crippen LogP) is 8.87. The van der Waals surface area contributed by atoms with Crippen molar-refractivity contribution >= 4 is 17.2 Å². The van der Waals surface area contributed by atoms with Gasteiger partial charge in [0.25, 0.3) is 0 Å². The van der Waals surface area contributed by atoms with Crippen molar-refractivity contribution in [2.75, 3.05) is 6.61 Å². The van der Waals surface area contributed by atoms with Gasteiger partial charge in [-0.25, -0.2) is 4.39 Å². The Kier molecular flexibility index (Phi) is 6.17. The molecular weight excluding hydrogens is 419 g/mol. The van der Waals surface area contributed by atoms with E-state index in [0.29, 0.717) is 5.56 Å². The zero-order chi connectivity index (χ0) is 22.1. The van der Waals surface area contributed by atoms with Crippen LogP contribution in [0.1, 0.15) is 56.3 Å². The third-order valence-electron chi connectivity index (χ3n) is 6.79. The third kappa shape index (κ3) is 4.40. The van der Waals surface area contributed by atoms with Crippen LogP contribution in [-0.4, -0.2) is 6.61 Å². The summed E-state index contributed by atoms with van der Waals surface area (Å²) in [5.74, 6) is 0.435. The predicted molar refractivity (Wildman–Crippen MR) is 131 cm³/mol. The van der Waals surface area contributed by atoms with Crippen LogP contribution in [0.3, 0.4) is 0 Å². The van der Waals surface area contributed by atoms with E-state index in [2.05, 4.69) is 49.4 Å². The van der Waals surface area contributed by atoms with Gasteiger partial charge in [0.05, 0.1) is 11.6 Å². The molecule has 1 fully saturated rings. The molecule has 0 spiro atoms. The Morgan fingerprint density at radius 1 is 0.906 bits per heavy atom. The van der Waals surface area contributed by atoms with Crippen molar-refractivity contribution in [1.29, 1.82) is 0 Å². The third-order valence-corrected chi connectivity index (χ3v) is 7.16. The first-order chi connectivity index (χ1) is 15.6. The quantitative estimate of drug-likeness (QED) is 0.344. The van der Waals surface area contributed by atoms with Crippen LogP contribution in [0.25, 0.3) is 27.8 Å². The van der Waals surface area contributed by atoms with E-state index in [-0.39, 0.29) is 16.9 Å². The van der Waals surface area contributed by atoms with Gasteiger partial charge in [0, 0.05) is 11.1 Å². The molecule has 0 aromatic heterocycles. The van der Waals surface area contributed by atoms with E-state index in [0.717, 1.165) is 59.6 Å². The Labute approximate surface area is 194 Å². The molecule has 5 rings (SSSR count). The summed E-state index contributed by atoms with van der Waals surface area (Å²) in [4.78, 5) is 0. The number of ether oxygens (including phenoxy) is 1. The Morgan fingerprint density at radius 2 is 1.53 bits per heavy atom. The average Bonchev–Trinajstić information content (AvgIpc) is 3.68. The minimum atomic E-state index is -0.300. The molecular formula is C29H28ClFO. The van der Waals surface area contributed by atoms with Crippen LogP contribution in [0, 0.1) is 11.7 Å². The smallest absolute Gasteiger partial charge is 0.149 e. The topological polar surface area (TPSA) is 12.5 Å². The molecule has 0 saturated carbocycles. The summed E-state index contributed by atoms with van der Waals surface area (Å²) in [6, 6.07) is 20.5. The fourth-order valence-electron chi connectivity index (χ4n) is 4.80. The largest absolute Gasteiger partial charge is 0.368 e. The van der Waals surface area contributed by atoms with Gasteiger partial charge in [-0.3, -0.25) is 0 Å². The van der Waals surface area contributed by atoms with Gasteiger partial charge < -0.3 is 4.74 Å². The monoisotopic (exact) mass is 446 g/mol. The van der Waals surface area contributed by atoms with E-state index in [1.165, 1.54) is 18.4 Å². The highest BCUT2D eigenvalue weighted by Gasteiger charge is 2.24. The molecule has 3 aromatic carbocycles. The standard InChI is InChI=1S/C29H28ClFO/c1-2-3-19-4-6-23(7-5-19)26-17-16-25(28(30)29(26)31)22-12-8-20(9-13-22)21-10-14-24(15-11-21)27-18-32-27/h6,8-17,19,27H,2-5,7,18H2,1H3. The van der Waals surface area contributed by atoms with Crippen LogP contribution in [0.2, 0.25) is 5.02 Å². The molecule has 3 aromatic rings. The van der Waals surface area contributed by atoms with Crippen molar-refractivity contribution in [2.24, 2.45) is 5.92 Å². The molecule has 32 heavy (non-hydrogen) atoms. The highest BCUT2D eigenvalue weighted by atomic mass is 35.5. The van der Waals surface area contributed by atoms with E-state index in [9.17, 15) is 0 Å². The van der Waals surface area contributed by atoms with Crippen molar-refractivity contribution in [3.63, 3.8) is 0 Å². The van der Waals surface area contributed by atoms with Crippen molar-refractivity contribution in [3.8, 4) is 22.3 Å². The summed E-state index contributed by atoms with van der Waals surface area (Å²) in [6.45, 7) is 3.05. The lowest BCUT2D eigenvalue weighted by atomic mass is 9.84. The summed E-state index contributed by atoms with van der Waals surface area (Å²) in [6.07, 6.45) is 8.05. The Bertz CT molecular complexity index is 1130. The molecule has 0 bridgehead atoms. The normalized spacial score (nSPS) is 20.2. The Morgan fingerprint density at radius 3 is 2.12 bits per heavy atom.